The van der Waals surface area contributed by atoms with Crippen LogP contribution in [0.25, 0.3) is 0 Å². The number of rotatable bonds is 5. The van der Waals surface area contributed by atoms with Gasteiger partial charge < -0.3 is 15.2 Å². The standard InChI is InChI=1S/C18H19N5O2/c1-11(2)13-4-6-14(7-5-13)21-17-10-19-15(9-20-17)18(24)22-16-8-12(3)25-23-16/h4-11H,1-3H3,(H,20,21)(H,22,23,24). The van der Waals surface area contributed by atoms with Gasteiger partial charge in [0.2, 0.25) is 0 Å². The molecule has 0 aliphatic carbocycles. The molecule has 3 aromatic rings. The minimum absolute atomic E-state index is 0.196. The summed E-state index contributed by atoms with van der Waals surface area (Å²) in [6.45, 7) is 6.05. The van der Waals surface area contributed by atoms with Crippen LogP contribution < -0.4 is 10.6 Å². The summed E-state index contributed by atoms with van der Waals surface area (Å²) in [6, 6.07) is 9.75. The molecule has 1 aromatic carbocycles. The van der Waals surface area contributed by atoms with E-state index >= 15 is 0 Å². The lowest BCUT2D eigenvalue weighted by Crippen LogP contribution is -2.14. The number of hydrogen-bond acceptors (Lipinski definition) is 6. The van der Waals surface area contributed by atoms with Gasteiger partial charge in [-0.25, -0.2) is 9.97 Å². The van der Waals surface area contributed by atoms with E-state index in [1.807, 2.05) is 12.1 Å². The zero-order chi connectivity index (χ0) is 17.8. The Hall–Kier alpha value is -3.22. The molecule has 0 saturated heterocycles. The van der Waals surface area contributed by atoms with Crippen molar-refractivity contribution in [2.24, 2.45) is 0 Å². The van der Waals surface area contributed by atoms with Crippen molar-refractivity contribution in [3.63, 3.8) is 0 Å². The first kappa shape index (κ1) is 16.6. The predicted molar refractivity (Wildman–Crippen MR) is 95.0 cm³/mol. The highest BCUT2D eigenvalue weighted by Gasteiger charge is 2.11. The van der Waals surface area contributed by atoms with Crippen molar-refractivity contribution in [3.05, 3.63) is 59.7 Å². The number of carbonyl (C=O) groups is 1. The minimum Gasteiger partial charge on any atom is -0.360 e. The lowest BCUT2D eigenvalue weighted by Gasteiger charge is -2.09. The van der Waals surface area contributed by atoms with Crippen LogP contribution in [-0.2, 0) is 0 Å². The Morgan fingerprint density at radius 1 is 1.08 bits per heavy atom. The molecule has 0 bridgehead atoms. The predicted octanol–water partition coefficient (Wildman–Crippen LogP) is 3.89. The normalized spacial score (nSPS) is 10.7. The molecule has 0 atom stereocenters. The Labute approximate surface area is 145 Å². The molecule has 0 radical (unpaired) electrons. The molecule has 2 aromatic heterocycles. The van der Waals surface area contributed by atoms with Gasteiger partial charge >= 0.3 is 0 Å². The van der Waals surface area contributed by atoms with Crippen molar-refractivity contribution >= 4 is 23.2 Å². The van der Waals surface area contributed by atoms with E-state index in [0.717, 1.165) is 5.69 Å². The molecule has 0 aliphatic rings. The second kappa shape index (κ2) is 7.12. The molecular formula is C18H19N5O2. The van der Waals surface area contributed by atoms with Crippen LogP contribution in [0.2, 0.25) is 0 Å². The highest BCUT2D eigenvalue weighted by Crippen LogP contribution is 2.19. The van der Waals surface area contributed by atoms with Crippen LogP contribution in [0.15, 0.2) is 47.2 Å². The minimum atomic E-state index is -0.395. The summed E-state index contributed by atoms with van der Waals surface area (Å²) < 4.78 is 4.90. The van der Waals surface area contributed by atoms with E-state index in [1.165, 1.54) is 18.0 Å². The summed E-state index contributed by atoms with van der Waals surface area (Å²) in [5.41, 5.74) is 2.38. The maximum atomic E-state index is 12.1. The Morgan fingerprint density at radius 2 is 1.84 bits per heavy atom. The highest BCUT2D eigenvalue weighted by molar-refractivity contribution is 6.02. The van der Waals surface area contributed by atoms with Gasteiger partial charge in [-0.1, -0.05) is 31.1 Å². The Morgan fingerprint density at radius 3 is 2.40 bits per heavy atom. The monoisotopic (exact) mass is 337 g/mol. The quantitative estimate of drug-likeness (QED) is 0.733. The number of aromatic nitrogens is 3. The van der Waals surface area contributed by atoms with Crippen molar-refractivity contribution in [1.29, 1.82) is 0 Å². The zero-order valence-corrected chi connectivity index (χ0v) is 14.3. The number of nitrogens with one attached hydrogen (secondary N) is 2. The van der Waals surface area contributed by atoms with Crippen LogP contribution in [0.1, 0.15) is 41.6 Å². The highest BCUT2D eigenvalue weighted by atomic mass is 16.5. The van der Waals surface area contributed by atoms with Crippen molar-refractivity contribution in [3.8, 4) is 0 Å². The molecule has 2 heterocycles. The third-order valence-electron chi connectivity index (χ3n) is 3.60. The van der Waals surface area contributed by atoms with Gasteiger partial charge in [0.25, 0.3) is 5.91 Å². The fourth-order valence-corrected chi connectivity index (χ4v) is 2.21. The number of anilines is 3. The van der Waals surface area contributed by atoms with E-state index in [0.29, 0.717) is 23.3 Å². The van der Waals surface area contributed by atoms with Crippen molar-refractivity contribution in [2.75, 3.05) is 10.6 Å². The molecule has 0 saturated carbocycles. The molecule has 0 unspecified atom stereocenters. The largest absolute Gasteiger partial charge is 0.360 e. The van der Waals surface area contributed by atoms with E-state index < -0.39 is 5.91 Å². The average Bonchev–Trinajstić information content (AvgIpc) is 3.01. The zero-order valence-electron chi connectivity index (χ0n) is 14.3. The molecule has 25 heavy (non-hydrogen) atoms. The summed E-state index contributed by atoms with van der Waals surface area (Å²) in [5, 5.41) is 9.46. The van der Waals surface area contributed by atoms with Crippen LogP contribution in [0.5, 0.6) is 0 Å². The Bertz CT molecular complexity index is 854. The van der Waals surface area contributed by atoms with Crippen LogP contribution in [0.3, 0.4) is 0 Å². The average molecular weight is 337 g/mol. The number of carbonyl (C=O) groups excluding carboxylic acids is 1. The third kappa shape index (κ3) is 4.20. The number of aryl methyl sites for hydroxylation is 1. The lowest BCUT2D eigenvalue weighted by atomic mass is 10.0. The first-order chi connectivity index (χ1) is 12.0. The summed E-state index contributed by atoms with van der Waals surface area (Å²) >= 11 is 0. The summed E-state index contributed by atoms with van der Waals surface area (Å²) in [5.74, 6) is 1.61. The van der Waals surface area contributed by atoms with Gasteiger partial charge in [0, 0.05) is 11.8 Å². The summed E-state index contributed by atoms with van der Waals surface area (Å²) in [4.78, 5) is 20.4. The number of amides is 1. The van der Waals surface area contributed by atoms with E-state index in [9.17, 15) is 4.79 Å². The fourth-order valence-electron chi connectivity index (χ4n) is 2.21. The van der Waals surface area contributed by atoms with Gasteiger partial charge in [0.05, 0.1) is 12.4 Å². The van der Waals surface area contributed by atoms with Gasteiger partial charge in [0.15, 0.2) is 5.82 Å². The first-order valence-corrected chi connectivity index (χ1v) is 7.95. The second-order valence-electron chi connectivity index (χ2n) is 5.97. The summed E-state index contributed by atoms with van der Waals surface area (Å²) in [7, 11) is 0. The van der Waals surface area contributed by atoms with Gasteiger partial charge in [-0.2, -0.15) is 0 Å². The molecule has 1 amide bonds. The third-order valence-corrected chi connectivity index (χ3v) is 3.60. The van der Waals surface area contributed by atoms with Crippen LogP contribution >= 0.6 is 0 Å². The van der Waals surface area contributed by atoms with Gasteiger partial charge in [-0.3, -0.25) is 4.79 Å². The number of hydrogen-bond donors (Lipinski definition) is 2. The maximum absolute atomic E-state index is 12.1. The molecule has 7 nitrogen and oxygen atoms in total. The van der Waals surface area contributed by atoms with E-state index in [2.05, 4.69) is 51.7 Å². The Kier molecular flexibility index (Phi) is 4.74. The van der Waals surface area contributed by atoms with Gasteiger partial charge in [-0.05, 0) is 30.5 Å². The van der Waals surface area contributed by atoms with Gasteiger partial charge in [0.1, 0.15) is 17.3 Å². The molecule has 3 rings (SSSR count). The SMILES string of the molecule is Cc1cc(NC(=O)c2cnc(Nc3ccc(C(C)C)cc3)cn2)no1. The molecule has 7 heteroatoms. The number of benzene rings is 1. The van der Waals surface area contributed by atoms with Crippen molar-refractivity contribution in [2.45, 2.75) is 26.7 Å². The second-order valence-corrected chi connectivity index (χ2v) is 5.97. The van der Waals surface area contributed by atoms with Crippen LogP contribution in [0, 0.1) is 6.92 Å². The van der Waals surface area contributed by atoms with Crippen LogP contribution in [-0.4, -0.2) is 21.0 Å². The molecule has 0 aliphatic heterocycles. The van der Waals surface area contributed by atoms with Crippen molar-refractivity contribution in [1.82, 2.24) is 15.1 Å². The van der Waals surface area contributed by atoms with E-state index in [-0.39, 0.29) is 5.69 Å². The number of nitrogens with zero attached hydrogens (tertiary/aromatic N) is 3. The van der Waals surface area contributed by atoms with Crippen molar-refractivity contribution < 1.29 is 9.32 Å². The van der Waals surface area contributed by atoms with E-state index in [1.54, 1.807) is 13.0 Å². The lowest BCUT2D eigenvalue weighted by molar-refractivity contribution is 0.102. The first-order valence-electron chi connectivity index (χ1n) is 7.95. The summed E-state index contributed by atoms with van der Waals surface area (Å²) in [6.07, 6.45) is 2.92. The van der Waals surface area contributed by atoms with E-state index in [4.69, 9.17) is 4.52 Å². The topological polar surface area (TPSA) is 92.9 Å². The molecule has 0 spiro atoms. The van der Waals surface area contributed by atoms with Gasteiger partial charge in [-0.15, -0.1) is 0 Å². The fraction of sp³-hybridized carbons (Fsp3) is 0.222. The molecule has 0 fully saturated rings. The Balaban J connectivity index is 1.64. The molecular weight excluding hydrogens is 318 g/mol. The van der Waals surface area contributed by atoms with Crippen LogP contribution in [0.4, 0.5) is 17.3 Å². The maximum Gasteiger partial charge on any atom is 0.277 e. The molecule has 128 valence electrons. The molecule has 2 N–H and O–H groups in total. The smallest absolute Gasteiger partial charge is 0.277 e.